The monoisotopic (exact) mass is 212 g/mol. The molecule has 0 amide bonds. The van der Waals surface area contributed by atoms with Crippen molar-refractivity contribution in [1.82, 2.24) is 0 Å². The van der Waals surface area contributed by atoms with Gasteiger partial charge in [-0.15, -0.1) is 0 Å². The van der Waals surface area contributed by atoms with E-state index in [9.17, 15) is 0 Å². The van der Waals surface area contributed by atoms with E-state index < -0.39 is 0 Å². The van der Waals surface area contributed by atoms with E-state index in [1.165, 1.54) is 38.5 Å². The minimum Gasteiger partial charge on any atom is -0.350 e. The Bertz CT molecular complexity index is 215. The van der Waals surface area contributed by atoms with Crippen molar-refractivity contribution in [3.63, 3.8) is 0 Å². The molecule has 2 bridgehead atoms. The van der Waals surface area contributed by atoms with Crippen molar-refractivity contribution >= 4 is 0 Å². The van der Waals surface area contributed by atoms with Crippen molar-refractivity contribution in [2.45, 2.75) is 63.3 Å². The van der Waals surface area contributed by atoms with E-state index in [4.69, 9.17) is 14.5 Å². The van der Waals surface area contributed by atoms with Gasteiger partial charge in [0, 0.05) is 13.0 Å². The second-order valence-electron chi connectivity index (χ2n) is 5.31. The van der Waals surface area contributed by atoms with Crippen molar-refractivity contribution in [3.05, 3.63) is 0 Å². The average Bonchev–Trinajstić information content (AvgIpc) is 2.89. The number of fused-ring (bicyclic) bond motifs is 2. The first-order valence-electron chi connectivity index (χ1n) is 6.32. The molecule has 1 unspecified atom stereocenters. The van der Waals surface area contributed by atoms with Crippen molar-refractivity contribution in [2.75, 3.05) is 6.61 Å². The minimum absolute atomic E-state index is 0.0610. The van der Waals surface area contributed by atoms with Crippen LogP contribution >= 0.6 is 0 Å². The number of rotatable bonds is 3. The molecule has 3 rings (SSSR count). The van der Waals surface area contributed by atoms with Gasteiger partial charge in [-0.1, -0.05) is 0 Å². The molecule has 0 aromatic heterocycles. The Balaban J connectivity index is 1.48. The molecule has 1 atom stereocenters. The minimum atomic E-state index is -0.104. The van der Waals surface area contributed by atoms with Crippen molar-refractivity contribution in [2.24, 2.45) is 5.92 Å². The molecule has 2 aliphatic carbocycles. The van der Waals surface area contributed by atoms with E-state index in [1.807, 2.05) is 0 Å². The molecule has 0 N–H and O–H groups in total. The zero-order valence-electron chi connectivity index (χ0n) is 9.24. The summed E-state index contributed by atoms with van der Waals surface area (Å²) in [5, 5.41) is 0. The van der Waals surface area contributed by atoms with Gasteiger partial charge >= 0.3 is 0 Å². The van der Waals surface area contributed by atoms with Gasteiger partial charge in [-0.3, -0.25) is 0 Å². The predicted molar refractivity (Wildman–Crippen MR) is 55.1 cm³/mol. The Morgan fingerprint density at radius 3 is 2.53 bits per heavy atom. The van der Waals surface area contributed by atoms with Crippen molar-refractivity contribution in [1.29, 1.82) is 0 Å². The maximum absolute atomic E-state index is 5.70. The van der Waals surface area contributed by atoms with Gasteiger partial charge in [0.15, 0.2) is 6.29 Å². The summed E-state index contributed by atoms with van der Waals surface area (Å²) in [5.74, 6) is 0.904. The zero-order chi connectivity index (χ0) is 10.1. The van der Waals surface area contributed by atoms with Crippen molar-refractivity contribution < 1.29 is 14.5 Å². The van der Waals surface area contributed by atoms with Crippen LogP contribution in [0.3, 0.4) is 0 Å². The first-order valence-corrected chi connectivity index (χ1v) is 6.32. The summed E-state index contributed by atoms with van der Waals surface area (Å²) in [6.07, 6.45) is 9.47. The van der Waals surface area contributed by atoms with Gasteiger partial charge in [-0.05, 0) is 50.9 Å². The Kier molecular flexibility index (Phi) is 2.71. The van der Waals surface area contributed by atoms with Gasteiger partial charge in [0.1, 0.15) is 5.60 Å². The molecule has 3 heteroatoms. The molecule has 0 aromatic carbocycles. The molecule has 3 nitrogen and oxygen atoms in total. The maximum atomic E-state index is 5.70. The molecule has 86 valence electrons. The molecule has 0 spiro atoms. The van der Waals surface area contributed by atoms with Gasteiger partial charge in [0.25, 0.3) is 0 Å². The third-order valence-electron chi connectivity index (χ3n) is 4.15. The first-order chi connectivity index (χ1) is 7.36. The van der Waals surface area contributed by atoms with E-state index in [2.05, 4.69) is 0 Å². The second-order valence-corrected chi connectivity index (χ2v) is 5.31. The van der Waals surface area contributed by atoms with E-state index in [0.717, 1.165) is 25.4 Å². The summed E-state index contributed by atoms with van der Waals surface area (Å²) < 4.78 is 5.49. The smallest absolute Gasteiger partial charge is 0.191 e. The van der Waals surface area contributed by atoms with Crippen LogP contribution < -0.4 is 0 Å². The lowest BCUT2D eigenvalue weighted by Gasteiger charge is -2.29. The third-order valence-corrected chi connectivity index (χ3v) is 4.15. The molecule has 1 aliphatic heterocycles. The molecule has 2 saturated carbocycles. The van der Waals surface area contributed by atoms with Crippen LogP contribution in [0.5, 0.6) is 0 Å². The molecule has 0 radical (unpaired) electrons. The Morgan fingerprint density at radius 2 is 1.93 bits per heavy atom. The summed E-state index contributed by atoms with van der Waals surface area (Å²) in [6, 6.07) is 0. The van der Waals surface area contributed by atoms with Crippen LogP contribution in [0.1, 0.15) is 51.4 Å². The lowest BCUT2D eigenvalue weighted by atomic mass is 9.97. The topological polar surface area (TPSA) is 27.7 Å². The average molecular weight is 212 g/mol. The highest BCUT2D eigenvalue weighted by Crippen LogP contribution is 2.50. The fraction of sp³-hybridized carbons (Fsp3) is 1.00. The lowest BCUT2D eigenvalue weighted by molar-refractivity contribution is -0.427. The maximum Gasteiger partial charge on any atom is 0.191 e. The Morgan fingerprint density at radius 1 is 1.07 bits per heavy atom. The van der Waals surface area contributed by atoms with Crippen LogP contribution in [0.4, 0.5) is 0 Å². The quantitative estimate of drug-likeness (QED) is 0.532. The van der Waals surface area contributed by atoms with Gasteiger partial charge in [-0.25, -0.2) is 9.78 Å². The Hall–Kier alpha value is -0.120. The molecule has 1 heterocycles. The molecule has 3 fully saturated rings. The summed E-state index contributed by atoms with van der Waals surface area (Å²) in [7, 11) is 0. The molecule has 15 heavy (non-hydrogen) atoms. The van der Waals surface area contributed by atoms with E-state index in [1.54, 1.807) is 0 Å². The first kappa shape index (κ1) is 10.1. The zero-order valence-corrected chi connectivity index (χ0v) is 9.24. The molecule has 1 saturated heterocycles. The standard InChI is InChI=1S/C12H20O3/c1-2-8-13-11(3-1)14-15-12-6-4-10(9-12)5-7-12/h10-11H,1-9H2. The fourth-order valence-corrected chi connectivity index (χ4v) is 3.20. The number of hydrogen-bond acceptors (Lipinski definition) is 3. The molecule has 3 aliphatic rings. The number of hydrogen-bond donors (Lipinski definition) is 0. The van der Waals surface area contributed by atoms with Crippen LogP contribution in [0.2, 0.25) is 0 Å². The van der Waals surface area contributed by atoms with Crippen LogP contribution in [-0.4, -0.2) is 18.5 Å². The normalized spacial score (nSPS) is 44.8. The van der Waals surface area contributed by atoms with E-state index >= 15 is 0 Å². The molecular formula is C12H20O3. The molecule has 0 aromatic rings. The van der Waals surface area contributed by atoms with Gasteiger partial charge < -0.3 is 4.74 Å². The SMILES string of the molecule is C1CCC(OOC23CCC(CC2)C3)OC1. The van der Waals surface area contributed by atoms with E-state index in [-0.39, 0.29) is 11.9 Å². The van der Waals surface area contributed by atoms with Crippen LogP contribution in [0, 0.1) is 5.92 Å². The van der Waals surface area contributed by atoms with Crippen molar-refractivity contribution in [3.8, 4) is 0 Å². The van der Waals surface area contributed by atoms with Crippen LogP contribution in [-0.2, 0) is 14.5 Å². The fourth-order valence-electron chi connectivity index (χ4n) is 3.20. The summed E-state index contributed by atoms with van der Waals surface area (Å²) in [5.41, 5.74) is 0.0610. The third kappa shape index (κ3) is 2.05. The summed E-state index contributed by atoms with van der Waals surface area (Å²) >= 11 is 0. The highest BCUT2D eigenvalue weighted by atomic mass is 17.2. The highest BCUT2D eigenvalue weighted by Gasteiger charge is 2.47. The molecular weight excluding hydrogens is 192 g/mol. The van der Waals surface area contributed by atoms with Gasteiger partial charge in [-0.2, -0.15) is 0 Å². The number of ether oxygens (including phenoxy) is 1. The predicted octanol–water partition coefficient (Wildman–Crippen LogP) is 2.79. The second kappa shape index (κ2) is 4.04. The summed E-state index contributed by atoms with van der Waals surface area (Å²) in [6.45, 7) is 0.823. The van der Waals surface area contributed by atoms with E-state index in [0.29, 0.717) is 0 Å². The highest BCUT2D eigenvalue weighted by molar-refractivity contribution is 4.96. The van der Waals surface area contributed by atoms with Gasteiger partial charge in [0.2, 0.25) is 0 Å². The Labute approximate surface area is 91.0 Å². The van der Waals surface area contributed by atoms with Crippen LogP contribution in [0.25, 0.3) is 0 Å². The van der Waals surface area contributed by atoms with Crippen LogP contribution in [0.15, 0.2) is 0 Å². The lowest BCUT2D eigenvalue weighted by Crippen LogP contribution is -2.31. The largest absolute Gasteiger partial charge is 0.350 e. The van der Waals surface area contributed by atoms with Gasteiger partial charge in [0.05, 0.1) is 0 Å². The summed E-state index contributed by atoms with van der Waals surface area (Å²) in [4.78, 5) is 11.2.